The van der Waals surface area contributed by atoms with Gasteiger partial charge in [-0.15, -0.1) is 0 Å². The Balaban J connectivity index is 1.78. The van der Waals surface area contributed by atoms with Gasteiger partial charge in [-0.3, -0.25) is 0 Å². The summed E-state index contributed by atoms with van der Waals surface area (Å²) >= 11 is 0. The van der Waals surface area contributed by atoms with Crippen molar-refractivity contribution in [2.24, 2.45) is 5.73 Å². The molecular weight excluding hydrogens is 304 g/mol. The van der Waals surface area contributed by atoms with Gasteiger partial charge in [0.05, 0.1) is 12.1 Å². The molecular formula is C23H22N2. The molecule has 0 fully saturated rings. The van der Waals surface area contributed by atoms with E-state index in [1.54, 1.807) is 0 Å². The number of nitrogens with two attached hydrogens (primary N) is 1. The Morgan fingerprint density at radius 2 is 1.60 bits per heavy atom. The fourth-order valence-corrected chi connectivity index (χ4v) is 3.65. The van der Waals surface area contributed by atoms with E-state index in [1.165, 1.54) is 33.0 Å². The van der Waals surface area contributed by atoms with Gasteiger partial charge < -0.3 is 11.1 Å². The minimum Gasteiger partial charge on any atom is -0.382 e. The van der Waals surface area contributed by atoms with E-state index in [0.29, 0.717) is 0 Å². The molecule has 1 aliphatic heterocycles. The highest BCUT2D eigenvalue weighted by molar-refractivity contribution is 5.89. The third kappa shape index (κ3) is 2.86. The Morgan fingerprint density at radius 1 is 0.880 bits per heavy atom. The quantitative estimate of drug-likeness (QED) is 0.731. The molecule has 3 aromatic carbocycles. The zero-order chi connectivity index (χ0) is 17.2. The van der Waals surface area contributed by atoms with Crippen molar-refractivity contribution in [3.05, 3.63) is 102 Å². The summed E-state index contributed by atoms with van der Waals surface area (Å²) in [5.41, 5.74) is 11.7. The number of fused-ring (bicyclic) bond motifs is 1. The normalized spacial score (nSPS) is 17.8. The summed E-state index contributed by atoms with van der Waals surface area (Å²) in [6, 6.07) is 23.2. The van der Waals surface area contributed by atoms with Gasteiger partial charge in [-0.2, -0.15) is 0 Å². The monoisotopic (exact) mass is 326 g/mol. The van der Waals surface area contributed by atoms with Crippen LogP contribution in [0.2, 0.25) is 0 Å². The smallest absolute Gasteiger partial charge is 0.0707 e. The molecule has 2 heteroatoms. The molecule has 2 atom stereocenters. The second kappa shape index (κ2) is 6.58. The van der Waals surface area contributed by atoms with Crippen LogP contribution in [0.5, 0.6) is 0 Å². The van der Waals surface area contributed by atoms with Crippen LogP contribution >= 0.6 is 0 Å². The van der Waals surface area contributed by atoms with Crippen LogP contribution in [0, 0.1) is 6.92 Å². The van der Waals surface area contributed by atoms with Crippen LogP contribution in [0.4, 0.5) is 0 Å². The zero-order valence-corrected chi connectivity index (χ0v) is 14.3. The summed E-state index contributed by atoms with van der Waals surface area (Å²) in [6.07, 6.45) is 6.18. The molecule has 0 saturated carbocycles. The molecule has 2 nitrogen and oxygen atoms in total. The first-order chi connectivity index (χ1) is 12.3. The Labute approximate surface area is 148 Å². The molecule has 4 rings (SSSR count). The van der Waals surface area contributed by atoms with Crippen LogP contribution in [-0.4, -0.2) is 6.04 Å². The fraction of sp³-hybridized carbons (Fsp3) is 0.130. The number of benzene rings is 3. The van der Waals surface area contributed by atoms with Crippen molar-refractivity contribution in [2.45, 2.75) is 19.0 Å². The largest absolute Gasteiger partial charge is 0.382 e. The van der Waals surface area contributed by atoms with Gasteiger partial charge in [-0.05, 0) is 52.2 Å². The molecule has 1 aliphatic rings. The molecule has 1 heterocycles. The van der Waals surface area contributed by atoms with Gasteiger partial charge in [-0.1, -0.05) is 72.8 Å². The van der Waals surface area contributed by atoms with Crippen molar-refractivity contribution >= 4 is 16.3 Å². The van der Waals surface area contributed by atoms with Crippen LogP contribution in [0.15, 0.2) is 85.1 Å². The van der Waals surface area contributed by atoms with Gasteiger partial charge in [0, 0.05) is 0 Å². The van der Waals surface area contributed by atoms with Gasteiger partial charge in [0.1, 0.15) is 0 Å². The Kier molecular flexibility index (Phi) is 4.12. The Morgan fingerprint density at radius 3 is 2.40 bits per heavy atom. The van der Waals surface area contributed by atoms with Crippen LogP contribution in [0.3, 0.4) is 0 Å². The van der Waals surface area contributed by atoms with Gasteiger partial charge in [-0.25, -0.2) is 0 Å². The molecule has 0 saturated heterocycles. The van der Waals surface area contributed by atoms with E-state index in [1.807, 2.05) is 18.3 Å². The van der Waals surface area contributed by atoms with Crippen LogP contribution in [0.25, 0.3) is 16.3 Å². The molecule has 0 aliphatic carbocycles. The van der Waals surface area contributed by atoms with Crippen LogP contribution in [-0.2, 0) is 0 Å². The lowest BCUT2D eigenvalue weighted by molar-refractivity contribution is 0.582. The number of hydrogen-bond donors (Lipinski definition) is 2. The van der Waals surface area contributed by atoms with Crippen molar-refractivity contribution in [3.8, 4) is 0 Å². The molecule has 25 heavy (non-hydrogen) atoms. The number of aryl methyl sites for hydroxylation is 1. The standard InChI is InChI=1S/C23H22N2/c1-16-13-14-21(20-11-6-5-10-18(16)20)22(24)23-19(12-7-15-25-23)17-8-3-2-4-9-17/h2-15,22-23,25H,24H2,1H3/t22?,23-/m1/s1. The summed E-state index contributed by atoms with van der Waals surface area (Å²) in [6.45, 7) is 2.15. The van der Waals surface area contributed by atoms with E-state index in [0.717, 1.165) is 0 Å². The molecule has 124 valence electrons. The fourth-order valence-electron chi connectivity index (χ4n) is 3.65. The summed E-state index contributed by atoms with van der Waals surface area (Å²) < 4.78 is 0. The topological polar surface area (TPSA) is 38.0 Å². The molecule has 0 radical (unpaired) electrons. The molecule has 1 unspecified atom stereocenters. The van der Waals surface area contributed by atoms with E-state index in [4.69, 9.17) is 5.73 Å². The van der Waals surface area contributed by atoms with E-state index >= 15 is 0 Å². The van der Waals surface area contributed by atoms with Crippen molar-refractivity contribution in [3.63, 3.8) is 0 Å². The van der Waals surface area contributed by atoms with Gasteiger partial charge in [0.25, 0.3) is 0 Å². The molecule has 0 bridgehead atoms. The van der Waals surface area contributed by atoms with Crippen molar-refractivity contribution in [2.75, 3.05) is 0 Å². The zero-order valence-electron chi connectivity index (χ0n) is 14.3. The molecule has 0 aromatic heterocycles. The average Bonchev–Trinajstić information content (AvgIpc) is 2.69. The Hall–Kier alpha value is -2.84. The summed E-state index contributed by atoms with van der Waals surface area (Å²) in [7, 11) is 0. The maximum Gasteiger partial charge on any atom is 0.0707 e. The predicted octanol–water partition coefficient (Wildman–Crippen LogP) is 4.72. The molecule has 3 aromatic rings. The number of hydrogen-bond acceptors (Lipinski definition) is 2. The lowest BCUT2D eigenvalue weighted by atomic mass is 9.86. The first-order valence-corrected chi connectivity index (χ1v) is 8.68. The second-order valence-corrected chi connectivity index (χ2v) is 6.53. The highest BCUT2D eigenvalue weighted by atomic mass is 14.9. The lowest BCUT2D eigenvalue weighted by Crippen LogP contribution is -2.38. The predicted molar refractivity (Wildman–Crippen MR) is 106 cm³/mol. The maximum absolute atomic E-state index is 6.78. The third-order valence-electron chi connectivity index (χ3n) is 4.98. The van der Waals surface area contributed by atoms with Gasteiger partial charge >= 0.3 is 0 Å². The lowest BCUT2D eigenvalue weighted by Gasteiger charge is -2.30. The SMILES string of the molecule is Cc1ccc(C(N)[C@@H]2NC=CC=C2c2ccccc2)c2ccccc12. The van der Waals surface area contributed by atoms with E-state index in [2.05, 4.69) is 79.0 Å². The molecule has 0 spiro atoms. The van der Waals surface area contributed by atoms with Crippen molar-refractivity contribution in [1.82, 2.24) is 5.32 Å². The molecule has 0 amide bonds. The molecule has 3 N–H and O–H groups in total. The summed E-state index contributed by atoms with van der Waals surface area (Å²) in [5.74, 6) is 0. The van der Waals surface area contributed by atoms with E-state index < -0.39 is 0 Å². The number of allylic oxidation sites excluding steroid dienone is 2. The highest BCUT2D eigenvalue weighted by Crippen LogP contribution is 2.33. The number of dihydropyridines is 1. The summed E-state index contributed by atoms with van der Waals surface area (Å²) in [4.78, 5) is 0. The van der Waals surface area contributed by atoms with E-state index in [-0.39, 0.29) is 12.1 Å². The maximum atomic E-state index is 6.78. The van der Waals surface area contributed by atoms with Crippen molar-refractivity contribution in [1.29, 1.82) is 0 Å². The number of nitrogens with one attached hydrogen (secondary N) is 1. The Bertz CT molecular complexity index is 954. The second-order valence-electron chi connectivity index (χ2n) is 6.53. The average molecular weight is 326 g/mol. The van der Waals surface area contributed by atoms with Gasteiger partial charge in [0.15, 0.2) is 0 Å². The third-order valence-corrected chi connectivity index (χ3v) is 4.98. The first-order valence-electron chi connectivity index (χ1n) is 8.68. The minimum atomic E-state index is -0.137. The number of rotatable bonds is 3. The van der Waals surface area contributed by atoms with Crippen LogP contribution in [0.1, 0.15) is 22.7 Å². The highest BCUT2D eigenvalue weighted by Gasteiger charge is 2.26. The first kappa shape index (κ1) is 15.7. The minimum absolute atomic E-state index is 0.0403. The van der Waals surface area contributed by atoms with Crippen molar-refractivity contribution < 1.29 is 0 Å². The van der Waals surface area contributed by atoms with Crippen LogP contribution < -0.4 is 11.1 Å². The van der Waals surface area contributed by atoms with Gasteiger partial charge in [0.2, 0.25) is 0 Å². The van der Waals surface area contributed by atoms with E-state index in [9.17, 15) is 0 Å². The summed E-state index contributed by atoms with van der Waals surface area (Å²) in [5, 5.41) is 5.98.